The highest BCUT2D eigenvalue weighted by molar-refractivity contribution is 5.93. The number of hydrogen-bond donors (Lipinski definition) is 4. The van der Waals surface area contributed by atoms with E-state index >= 15 is 0 Å². The van der Waals surface area contributed by atoms with Crippen molar-refractivity contribution in [2.75, 3.05) is 7.05 Å². The first kappa shape index (κ1) is 26.4. The Morgan fingerprint density at radius 2 is 1.77 bits per heavy atom. The highest BCUT2D eigenvalue weighted by Gasteiger charge is 2.43. The summed E-state index contributed by atoms with van der Waals surface area (Å²) in [5.41, 5.74) is 1.82. The van der Waals surface area contributed by atoms with Crippen LogP contribution in [0.3, 0.4) is 0 Å². The van der Waals surface area contributed by atoms with E-state index in [4.69, 9.17) is 0 Å². The smallest absolute Gasteiger partial charge is 0.246 e. The van der Waals surface area contributed by atoms with Gasteiger partial charge in [0.05, 0.1) is 6.04 Å². The van der Waals surface area contributed by atoms with Crippen LogP contribution in [0.15, 0.2) is 36.9 Å². The van der Waals surface area contributed by atoms with Crippen molar-refractivity contribution in [3.63, 3.8) is 0 Å². The number of benzene rings is 1. The van der Waals surface area contributed by atoms with Crippen LogP contribution < -0.4 is 21.3 Å². The Morgan fingerprint density at radius 3 is 2.46 bits per heavy atom. The number of carbonyl (C=O) groups is 4. The molecule has 0 saturated carbocycles. The van der Waals surface area contributed by atoms with Crippen molar-refractivity contribution in [1.82, 2.24) is 26.2 Å². The van der Waals surface area contributed by atoms with Gasteiger partial charge in [-0.25, -0.2) is 0 Å². The summed E-state index contributed by atoms with van der Waals surface area (Å²) < 4.78 is 0. The van der Waals surface area contributed by atoms with Gasteiger partial charge >= 0.3 is 0 Å². The Labute approximate surface area is 207 Å². The summed E-state index contributed by atoms with van der Waals surface area (Å²) in [6.07, 6.45) is 5.91. The van der Waals surface area contributed by atoms with Crippen LogP contribution in [0, 0.1) is 0 Å². The molecule has 0 radical (unpaired) electrons. The molecular weight excluding hydrogens is 446 g/mol. The van der Waals surface area contributed by atoms with Gasteiger partial charge in [-0.1, -0.05) is 43.7 Å². The van der Waals surface area contributed by atoms with Gasteiger partial charge in [0.1, 0.15) is 12.1 Å². The van der Waals surface area contributed by atoms with Crippen molar-refractivity contribution in [3.05, 3.63) is 48.0 Å². The van der Waals surface area contributed by atoms with Gasteiger partial charge in [-0.05, 0) is 56.9 Å². The van der Waals surface area contributed by atoms with Crippen LogP contribution in [-0.2, 0) is 32.3 Å². The van der Waals surface area contributed by atoms with Crippen LogP contribution in [-0.4, -0.2) is 59.7 Å². The van der Waals surface area contributed by atoms with Crippen LogP contribution in [0.25, 0.3) is 0 Å². The maximum Gasteiger partial charge on any atom is 0.246 e. The molecule has 2 heterocycles. The van der Waals surface area contributed by atoms with E-state index in [9.17, 15) is 19.2 Å². The number of likely N-dealkylation sites (N-methyl/N-ethyl adjacent to an activating group) is 1. The molecule has 35 heavy (non-hydrogen) atoms. The topological polar surface area (TPSA) is 120 Å². The molecule has 0 aliphatic carbocycles. The van der Waals surface area contributed by atoms with E-state index in [1.807, 2.05) is 24.3 Å². The third kappa shape index (κ3) is 6.91. The minimum Gasteiger partial charge on any atom is -0.350 e. The van der Waals surface area contributed by atoms with Gasteiger partial charge in [-0.2, -0.15) is 0 Å². The van der Waals surface area contributed by atoms with Gasteiger partial charge in [-0.15, -0.1) is 0 Å². The van der Waals surface area contributed by atoms with Crippen LogP contribution in [0.5, 0.6) is 0 Å². The van der Waals surface area contributed by atoms with E-state index in [0.29, 0.717) is 25.9 Å². The summed E-state index contributed by atoms with van der Waals surface area (Å²) in [6.45, 7) is 5.89. The number of carbonyl (C=O) groups excluding carboxylic acids is 4. The fourth-order valence-corrected chi connectivity index (χ4v) is 4.77. The molecule has 9 nitrogen and oxygen atoms in total. The predicted molar refractivity (Wildman–Crippen MR) is 133 cm³/mol. The maximum absolute atomic E-state index is 13.5. The Morgan fingerprint density at radius 1 is 1.09 bits per heavy atom. The molecule has 3 rings (SSSR count). The average molecular weight is 484 g/mol. The van der Waals surface area contributed by atoms with Gasteiger partial charge in [0.2, 0.25) is 23.6 Å². The van der Waals surface area contributed by atoms with E-state index in [-0.39, 0.29) is 29.7 Å². The number of fused-ring (bicyclic) bond motifs is 1. The summed E-state index contributed by atoms with van der Waals surface area (Å²) in [5.74, 6) is -0.802. The molecule has 2 aliphatic heterocycles. The van der Waals surface area contributed by atoms with E-state index in [0.717, 1.165) is 36.8 Å². The summed E-state index contributed by atoms with van der Waals surface area (Å²) in [6, 6.07) is 6.09. The quantitative estimate of drug-likeness (QED) is 0.393. The van der Waals surface area contributed by atoms with Crippen molar-refractivity contribution in [3.8, 4) is 0 Å². The van der Waals surface area contributed by atoms with Crippen LogP contribution in [0.4, 0.5) is 0 Å². The summed E-state index contributed by atoms with van der Waals surface area (Å²) in [7, 11) is 1.70. The molecule has 4 N–H and O–H groups in total. The van der Waals surface area contributed by atoms with Crippen molar-refractivity contribution in [2.24, 2.45) is 0 Å². The number of hydrogen-bond acceptors (Lipinski definition) is 5. The summed E-state index contributed by atoms with van der Waals surface area (Å²) in [4.78, 5) is 52.2. The van der Waals surface area contributed by atoms with Crippen molar-refractivity contribution in [1.29, 1.82) is 0 Å². The van der Waals surface area contributed by atoms with Gasteiger partial charge in [-0.3, -0.25) is 19.2 Å². The molecular formula is C26H37N5O4. The molecule has 190 valence electrons. The highest BCUT2D eigenvalue weighted by Crippen LogP contribution is 2.31. The van der Waals surface area contributed by atoms with Gasteiger partial charge in [0, 0.05) is 19.1 Å². The third-order valence-corrected chi connectivity index (χ3v) is 6.89. The molecule has 2 fully saturated rings. The van der Waals surface area contributed by atoms with Crippen LogP contribution in [0.1, 0.15) is 56.6 Å². The van der Waals surface area contributed by atoms with Crippen molar-refractivity contribution >= 4 is 23.6 Å². The SMILES string of the molecule is C=CC(=O)NCc1cccc(CNC(=O)C2CCC3CCCCC(NC(=O)C(C)NC)C(=O)N32)c1. The zero-order chi connectivity index (χ0) is 25.4. The molecule has 2 saturated heterocycles. The van der Waals surface area contributed by atoms with Crippen LogP contribution in [0.2, 0.25) is 0 Å². The lowest BCUT2D eigenvalue weighted by Gasteiger charge is -2.35. The van der Waals surface area contributed by atoms with E-state index in [2.05, 4.69) is 27.8 Å². The zero-order valence-corrected chi connectivity index (χ0v) is 20.6. The molecule has 4 amide bonds. The Balaban J connectivity index is 1.64. The minimum absolute atomic E-state index is 0.0245. The average Bonchev–Trinajstić information content (AvgIpc) is 3.29. The second-order valence-corrected chi connectivity index (χ2v) is 9.31. The first-order chi connectivity index (χ1) is 16.8. The third-order valence-electron chi connectivity index (χ3n) is 6.89. The lowest BCUT2D eigenvalue weighted by molar-refractivity contribution is -0.144. The molecule has 0 aromatic heterocycles. The predicted octanol–water partition coefficient (Wildman–Crippen LogP) is 1.13. The maximum atomic E-state index is 13.5. The van der Waals surface area contributed by atoms with Crippen LogP contribution >= 0.6 is 0 Å². The van der Waals surface area contributed by atoms with Crippen molar-refractivity contribution in [2.45, 2.75) is 82.7 Å². The normalized spacial score (nSPS) is 22.9. The fourth-order valence-electron chi connectivity index (χ4n) is 4.77. The fraction of sp³-hybridized carbons (Fsp3) is 0.538. The molecule has 2 aliphatic rings. The van der Waals surface area contributed by atoms with E-state index in [1.165, 1.54) is 6.08 Å². The second kappa shape index (κ2) is 12.5. The van der Waals surface area contributed by atoms with Crippen molar-refractivity contribution < 1.29 is 19.2 Å². The lowest BCUT2D eigenvalue weighted by Crippen LogP contribution is -2.57. The Bertz CT molecular complexity index is 949. The molecule has 0 bridgehead atoms. The van der Waals surface area contributed by atoms with Gasteiger partial charge in [0.25, 0.3) is 0 Å². The molecule has 0 spiro atoms. The number of amides is 4. The number of nitrogens with one attached hydrogen (secondary N) is 4. The first-order valence-electron chi connectivity index (χ1n) is 12.4. The molecule has 4 unspecified atom stereocenters. The lowest BCUT2D eigenvalue weighted by atomic mass is 9.98. The summed E-state index contributed by atoms with van der Waals surface area (Å²) >= 11 is 0. The molecule has 1 aromatic carbocycles. The van der Waals surface area contributed by atoms with Gasteiger partial charge in [0.15, 0.2) is 0 Å². The molecule has 9 heteroatoms. The van der Waals surface area contributed by atoms with E-state index in [1.54, 1.807) is 18.9 Å². The Kier molecular flexibility index (Phi) is 9.42. The standard InChI is InChI=1S/C26H37N5O4/c1-4-23(32)28-15-18-8-7-9-19(14-18)16-29-25(34)22-13-12-20-10-5-6-11-21(26(35)31(20)22)30-24(33)17(2)27-3/h4,7-9,14,17,20-22,27H,1,5-6,10-13,15-16H2,2-3H3,(H,28,32)(H,29,34)(H,30,33). The minimum atomic E-state index is -0.614. The first-order valence-corrected chi connectivity index (χ1v) is 12.4. The van der Waals surface area contributed by atoms with Gasteiger partial charge < -0.3 is 26.2 Å². The number of nitrogens with zero attached hydrogens (tertiary/aromatic N) is 1. The number of rotatable bonds is 9. The van der Waals surface area contributed by atoms with E-state index < -0.39 is 18.1 Å². The summed E-state index contributed by atoms with van der Waals surface area (Å²) in [5, 5.41) is 11.5. The zero-order valence-electron chi connectivity index (χ0n) is 20.6. The Hall–Kier alpha value is -3.20. The second-order valence-electron chi connectivity index (χ2n) is 9.31. The monoisotopic (exact) mass is 483 g/mol. The molecule has 4 atom stereocenters. The highest BCUT2D eigenvalue weighted by atomic mass is 16.2. The largest absolute Gasteiger partial charge is 0.350 e. The molecule has 1 aromatic rings.